The lowest BCUT2D eigenvalue weighted by Gasteiger charge is -2.17. The van der Waals surface area contributed by atoms with Gasteiger partial charge in [-0.15, -0.1) is 0 Å². The Morgan fingerprint density at radius 2 is 2.00 bits per heavy atom. The summed E-state index contributed by atoms with van der Waals surface area (Å²) in [6.45, 7) is 0.460. The Bertz CT molecular complexity index is 1180. The van der Waals surface area contributed by atoms with Gasteiger partial charge in [-0.1, -0.05) is 22.8 Å². The first-order valence-corrected chi connectivity index (χ1v) is 11.9. The number of sulfonamides is 1. The van der Waals surface area contributed by atoms with Crippen molar-refractivity contribution in [2.24, 2.45) is 0 Å². The first kappa shape index (κ1) is 21.3. The van der Waals surface area contributed by atoms with Crippen LogP contribution in [0.25, 0.3) is 11.4 Å². The zero-order valence-electron chi connectivity index (χ0n) is 16.6. The SMILES string of the molecule is O=C(CCCc1nc(-c2ccc(Cl)cc2)no1)Nc1cccc(N2CCCS2(=O)=O)c1. The lowest BCUT2D eigenvalue weighted by atomic mass is 10.2. The number of benzene rings is 2. The molecule has 3 aromatic rings. The van der Waals surface area contributed by atoms with Crippen molar-refractivity contribution in [3.05, 3.63) is 59.4 Å². The summed E-state index contributed by atoms with van der Waals surface area (Å²) >= 11 is 5.88. The Hall–Kier alpha value is -2.91. The summed E-state index contributed by atoms with van der Waals surface area (Å²) in [7, 11) is -3.26. The Morgan fingerprint density at radius 3 is 2.74 bits per heavy atom. The smallest absolute Gasteiger partial charge is 0.235 e. The molecule has 162 valence electrons. The Labute approximate surface area is 185 Å². The zero-order chi connectivity index (χ0) is 21.8. The van der Waals surface area contributed by atoms with Crippen molar-refractivity contribution in [2.75, 3.05) is 21.9 Å². The number of amides is 1. The predicted octanol–water partition coefficient (Wildman–Crippen LogP) is 3.89. The molecule has 1 aliphatic rings. The monoisotopic (exact) mass is 460 g/mol. The van der Waals surface area contributed by atoms with Crippen molar-refractivity contribution >= 4 is 38.9 Å². The van der Waals surface area contributed by atoms with Gasteiger partial charge in [0.15, 0.2) is 0 Å². The van der Waals surface area contributed by atoms with Crippen LogP contribution in [0.2, 0.25) is 5.02 Å². The van der Waals surface area contributed by atoms with E-state index in [-0.39, 0.29) is 18.1 Å². The van der Waals surface area contributed by atoms with Gasteiger partial charge >= 0.3 is 0 Å². The van der Waals surface area contributed by atoms with E-state index < -0.39 is 10.0 Å². The third kappa shape index (κ3) is 5.23. The summed E-state index contributed by atoms with van der Waals surface area (Å²) in [6.07, 6.45) is 1.88. The minimum atomic E-state index is -3.26. The highest BCUT2D eigenvalue weighted by molar-refractivity contribution is 7.93. The molecule has 1 amide bonds. The van der Waals surface area contributed by atoms with E-state index in [1.165, 1.54) is 4.31 Å². The molecule has 2 aromatic carbocycles. The van der Waals surface area contributed by atoms with Crippen molar-refractivity contribution in [2.45, 2.75) is 25.7 Å². The number of halogens is 1. The van der Waals surface area contributed by atoms with Crippen LogP contribution < -0.4 is 9.62 Å². The van der Waals surface area contributed by atoms with Crippen molar-refractivity contribution in [1.29, 1.82) is 0 Å². The van der Waals surface area contributed by atoms with E-state index in [0.717, 1.165) is 5.56 Å². The Kier molecular flexibility index (Phi) is 6.24. The molecule has 0 radical (unpaired) electrons. The first-order valence-electron chi connectivity index (χ1n) is 9.89. The zero-order valence-corrected chi connectivity index (χ0v) is 18.2. The highest BCUT2D eigenvalue weighted by atomic mass is 35.5. The van der Waals surface area contributed by atoms with Crippen LogP contribution in [0.1, 0.15) is 25.2 Å². The summed E-state index contributed by atoms with van der Waals surface area (Å²) in [5, 5.41) is 7.40. The minimum Gasteiger partial charge on any atom is -0.339 e. The second-order valence-electron chi connectivity index (χ2n) is 7.21. The summed E-state index contributed by atoms with van der Waals surface area (Å²) < 4.78 is 30.8. The van der Waals surface area contributed by atoms with Crippen LogP contribution in [0.5, 0.6) is 0 Å². The summed E-state index contributed by atoms with van der Waals surface area (Å²) in [5.74, 6) is 0.918. The normalized spacial score (nSPS) is 15.2. The number of anilines is 2. The largest absolute Gasteiger partial charge is 0.339 e. The molecule has 31 heavy (non-hydrogen) atoms. The van der Waals surface area contributed by atoms with Crippen LogP contribution in [0.4, 0.5) is 11.4 Å². The standard InChI is InChI=1S/C21H21ClN4O4S/c22-16-10-8-15(9-11-16)21-24-20(30-25-21)7-2-6-19(27)23-17-4-1-5-18(14-17)26-12-3-13-31(26,28)29/h1,4-5,8-11,14H,2-3,6-7,12-13H2,(H,23,27). The number of aromatic nitrogens is 2. The predicted molar refractivity (Wildman–Crippen MR) is 119 cm³/mol. The van der Waals surface area contributed by atoms with Gasteiger partial charge < -0.3 is 9.84 Å². The second-order valence-corrected chi connectivity index (χ2v) is 9.66. The quantitative estimate of drug-likeness (QED) is 0.573. The molecule has 1 N–H and O–H groups in total. The number of hydrogen-bond donors (Lipinski definition) is 1. The van der Waals surface area contributed by atoms with E-state index in [1.807, 2.05) is 12.1 Å². The van der Waals surface area contributed by atoms with Gasteiger partial charge in [-0.25, -0.2) is 8.42 Å². The molecule has 0 unspecified atom stereocenters. The van der Waals surface area contributed by atoms with Gasteiger partial charge in [0, 0.05) is 35.7 Å². The number of nitrogens with one attached hydrogen (secondary N) is 1. The van der Waals surface area contributed by atoms with Gasteiger partial charge in [-0.05, 0) is 55.3 Å². The second kappa shape index (κ2) is 9.07. The number of rotatable bonds is 7. The van der Waals surface area contributed by atoms with Crippen LogP contribution in [-0.4, -0.2) is 36.8 Å². The van der Waals surface area contributed by atoms with Gasteiger partial charge in [-0.3, -0.25) is 9.10 Å². The molecule has 10 heteroatoms. The third-order valence-corrected chi connectivity index (χ3v) is 7.00. The fraction of sp³-hybridized carbons (Fsp3) is 0.286. The molecule has 0 spiro atoms. The number of carbonyl (C=O) groups is 1. The van der Waals surface area contributed by atoms with Crippen molar-refractivity contribution in [3.63, 3.8) is 0 Å². The van der Waals surface area contributed by atoms with Crippen LogP contribution in [0.3, 0.4) is 0 Å². The summed E-state index contributed by atoms with van der Waals surface area (Å²) in [6, 6.07) is 14.0. The highest BCUT2D eigenvalue weighted by Gasteiger charge is 2.28. The molecule has 1 aliphatic heterocycles. The van der Waals surface area contributed by atoms with E-state index in [0.29, 0.717) is 53.9 Å². The van der Waals surface area contributed by atoms with Crippen LogP contribution >= 0.6 is 11.6 Å². The van der Waals surface area contributed by atoms with E-state index in [1.54, 1.807) is 36.4 Å². The number of aryl methyl sites for hydroxylation is 1. The summed E-state index contributed by atoms with van der Waals surface area (Å²) in [5.41, 5.74) is 1.93. The summed E-state index contributed by atoms with van der Waals surface area (Å²) in [4.78, 5) is 16.6. The van der Waals surface area contributed by atoms with E-state index in [9.17, 15) is 13.2 Å². The molecule has 0 bridgehead atoms. The molecule has 8 nitrogen and oxygen atoms in total. The lowest BCUT2D eigenvalue weighted by molar-refractivity contribution is -0.116. The molecular weight excluding hydrogens is 440 g/mol. The van der Waals surface area contributed by atoms with Gasteiger partial charge in [0.1, 0.15) is 0 Å². The fourth-order valence-corrected chi connectivity index (χ4v) is 5.05. The van der Waals surface area contributed by atoms with Crippen LogP contribution in [0, 0.1) is 0 Å². The van der Waals surface area contributed by atoms with Gasteiger partial charge in [0.25, 0.3) is 0 Å². The van der Waals surface area contributed by atoms with E-state index >= 15 is 0 Å². The maximum absolute atomic E-state index is 12.3. The number of carbonyl (C=O) groups excluding carboxylic acids is 1. The lowest BCUT2D eigenvalue weighted by Crippen LogP contribution is -2.25. The molecule has 1 aromatic heterocycles. The maximum atomic E-state index is 12.3. The van der Waals surface area contributed by atoms with Crippen molar-refractivity contribution in [1.82, 2.24) is 10.1 Å². The van der Waals surface area contributed by atoms with Crippen molar-refractivity contribution in [3.8, 4) is 11.4 Å². The Balaban J connectivity index is 1.29. The molecule has 1 fully saturated rings. The van der Waals surface area contributed by atoms with Crippen molar-refractivity contribution < 1.29 is 17.7 Å². The molecule has 0 saturated carbocycles. The van der Waals surface area contributed by atoms with Crippen LogP contribution in [0.15, 0.2) is 53.1 Å². The van der Waals surface area contributed by atoms with Gasteiger partial charge in [-0.2, -0.15) is 4.98 Å². The number of hydrogen-bond acceptors (Lipinski definition) is 6. The molecular formula is C21H21ClN4O4S. The topological polar surface area (TPSA) is 105 Å². The molecule has 4 rings (SSSR count). The van der Waals surface area contributed by atoms with Gasteiger partial charge in [0.2, 0.25) is 27.6 Å². The van der Waals surface area contributed by atoms with E-state index in [4.69, 9.17) is 16.1 Å². The average Bonchev–Trinajstić information content (AvgIpc) is 3.34. The molecule has 0 atom stereocenters. The average molecular weight is 461 g/mol. The Morgan fingerprint density at radius 1 is 1.19 bits per heavy atom. The first-order chi connectivity index (χ1) is 14.9. The fourth-order valence-electron chi connectivity index (χ4n) is 3.36. The molecule has 1 saturated heterocycles. The third-order valence-electron chi connectivity index (χ3n) is 4.88. The van der Waals surface area contributed by atoms with E-state index in [2.05, 4.69) is 15.5 Å². The highest BCUT2D eigenvalue weighted by Crippen LogP contribution is 2.26. The molecule has 2 heterocycles. The minimum absolute atomic E-state index is 0.152. The number of nitrogens with zero attached hydrogens (tertiary/aromatic N) is 3. The maximum Gasteiger partial charge on any atom is 0.235 e. The van der Waals surface area contributed by atoms with Crippen LogP contribution in [-0.2, 0) is 21.2 Å². The van der Waals surface area contributed by atoms with Gasteiger partial charge in [0.05, 0.1) is 11.4 Å². The molecule has 0 aliphatic carbocycles.